The van der Waals surface area contributed by atoms with Crippen LogP contribution in [0.25, 0.3) is 5.65 Å². The maximum Gasteiger partial charge on any atom is 0.434 e. The zero-order chi connectivity index (χ0) is 22.0. The molecule has 3 aromatic rings. The van der Waals surface area contributed by atoms with Crippen LogP contribution in [0.15, 0.2) is 43.1 Å². The van der Waals surface area contributed by atoms with Crippen molar-refractivity contribution in [1.82, 2.24) is 24.4 Å². The first-order valence-electron chi connectivity index (χ1n) is 9.81. The molecule has 8 nitrogen and oxygen atoms in total. The first-order chi connectivity index (χ1) is 14.9. The Morgan fingerprint density at radius 1 is 1.19 bits per heavy atom. The van der Waals surface area contributed by atoms with E-state index >= 15 is 0 Å². The van der Waals surface area contributed by atoms with Crippen LogP contribution in [0.4, 0.5) is 19.0 Å². The molecule has 0 unspecified atom stereocenters. The number of pyridine rings is 1. The molecule has 164 valence electrons. The molecule has 3 heterocycles. The fourth-order valence-corrected chi connectivity index (χ4v) is 3.86. The van der Waals surface area contributed by atoms with E-state index in [9.17, 15) is 18.0 Å². The number of nitrogens with one attached hydrogen (secondary N) is 1. The minimum atomic E-state index is -4.50. The number of carbonyl (C=O) groups excluding carboxylic acids is 1. The first-order valence-corrected chi connectivity index (χ1v) is 9.81. The fraction of sp³-hybridized carbons (Fsp3) is 0.400. The molecule has 1 saturated carbocycles. The molecule has 0 spiro atoms. The number of imidazole rings is 1. The van der Waals surface area contributed by atoms with E-state index in [1.807, 2.05) is 0 Å². The standard InChI is InChI=1S/C20H21F3N6O2/c1-31-29(19(30)13-9-24-12-25-10-13)15-7-5-14(6-8-15)26-17-3-2-4-18-27-16(11-28(17)18)20(21,22)23/h2-4,9-12,14-15,26H,5-8H2,1H3. The molecule has 1 aliphatic rings. The predicted octanol–water partition coefficient (Wildman–Crippen LogP) is 3.57. The molecule has 1 fully saturated rings. The van der Waals surface area contributed by atoms with E-state index in [2.05, 4.69) is 20.3 Å². The number of hydrogen-bond acceptors (Lipinski definition) is 6. The number of carbonyl (C=O) groups is 1. The van der Waals surface area contributed by atoms with Crippen LogP contribution in [-0.4, -0.2) is 49.5 Å². The number of fused-ring (bicyclic) bond motifs is 1. The van der Waals surface area contributed by atoms with Gasteiger partial charge in [-0.15, -0.1) is 0 Å². The zero-order valence-corrected chi connectivity index (χ0v) is 16.7. The van der Waals surface area contributed by atoms with Crippen molar-refractivity contribution in [1.29, 1.82) is 0 Å². The average molecular weight is 434 g/mol. The Balaban J connectivity index is 1.42. The highest BCUT2D eigenvalue weighted by Crippen LogP contribution is 2.31. The minimum absolute atomic E-state index is 0.0486. The molecule has 0 bridgehead atoms. The topological polar surface area (TPSA) is 84.6 Å². The maximum absolute atomic E-state index is 13.0. The average Bonchev–Trinajstić information content (AvgIpc) is 3.22. The summed E-state index contributed by atoms with van der Waals surface area (Å²) in [5, 5.41) is 4.67. The summed E-state index contributed by atoms with van der Waals surface area (Å²) in [5.41, 5.74) is -0.353. The van der Waals surface area contributed by atoms with Gasteiger partial charge in [0, 0.05) is 24.6 Å². The van der Waals surface area contributed by atoms with E-state index in [0.717, 1.165) is 19.0 Å². The first kappa shape index (κ1) is 21.0. The van der Waals surface area contributed by atoms with Gasteiger partial charge in [0.05, 0.1) is 18.7 Å². The van der Waals surface area contributed by atoms with Gasteiger partial charge in [-0.05, 0) is 37.8 Å². The summed E-state index contributed by atoms with van der Waals surface area (Å²) in [6, 6.07) is 4.86. The number of anilines is 1. The summed E-state index contributed by atoms with van der Waals surface area (Å²) in [5.74, 6) is 0.243. The second kappa shape index (κ2) is 8.50. The molecule has 3 aromatic heterocycles. The van der Waals surface area contributed by atoms with Crippen LogP contribution in [0.2, 0.25) is 0 Å². The summed E-state index contributed by atoms with van der Waals surface area (Å²) in [7, 11) is 1.45. The van der Waals surface area contributed by atoms with Crippen molar-refractivity contribution in [2.24, 2.45) is 0 Å². The van der Waals surface area contributed by atoms with Crippen molar-refractivity contribution in [3.63, 3.8) is 0 Å². The summed E-state index contributed by atoms with van der Waals surface area (Å²) >= 11 is 0. The Morgan fingerprint density at radius 3 is 2.55 bits per heavy atom. The molecule has 0 atom stereocenters. The van der Waals surface area contributed by atoms with Crippen molar-refractivity contribution in [2.75, 3.05) is 12.4 Å². The van der Waals surface area contributed by atoms with E-state index in [0.29, 0.717) is 24.2 Å². The highest BCUT2D eigenvalue weighted by molar-refractivity contribution is 5.93. The Bertz CT molecular complexity index is 1050. The summed E-state index contributed by atoms with van der Waals surface area (Å²) in [6.07, 6.45) is 3.53. The predicted molar refractivity (Wildman–Crippen MR) is 105 cm³/mol. The van der Waals surface area contributed by atoms with Gasteiger partial charge in [0.15, 0.2) is 5.69 Å². The van der Waals surface area contributed by atoms with Gasteiger partial charge in [0.25, 0.3) is 5.91 Å². The molecule has 1 amide bonds. The van der Waals surface area contributed by atoms with Crippen LogP contribution in [0.5, 0.6) is 0 Å². The van der Waals surface area contributed by atoms with Gasteiger partial charge >= 0.3 is 6.18 Å². The molecule has 0 aliphatic heterocycles. The smallest absolute Gasteiger partial charge is 0.368 e. The lowest BCUT2D eigenvalue weighted by Gasteiger charge is -2.35. The molecule has 1 N–H and O–H groups in total. The summed E-state index contributed by atoms with van der Waals surface area (Å²) in [4.78, 5) is 29.4. The van der Waals surface area contributed by atoms with Crippen LogP contribution in [0.1, 0.15) is 41.7 Å². The molecule has 0 aromatic carbocycles. The van der Waals surface area contributed by atoms with Crippen molar-refractivity contribution in [3.05, 3.63) is 54.4 Å². The lowest BCUT2D eigenvalue weighted by molar-refractivity contribution is -0.140. The minimum Gasteiger partial charge on any atom is -0.368 e. The van der Waals surface area contributed by atoms with Crippen LogP contribution < -0.4 is 5.32 Å². The van der Waals surface area contributed by atoms with E-state index in [-0.39, 0.29) is 23.6 Å². The lowest BCUT2D eigenvalue weighted by atomic mass is 9.90. The summed E-state index contributed by atoms with van der Waals surface area (Å²) < 4.78 is 40.4. The highest BCUT2D eigenvalue weighted by atomic mass is 19.4. The molecule has 1 aliphatic carbocycles. The number of hydrogen-bond donors (Lipinski definition) is 1. The van der Waals surface area contributed by atoms with Gasteiger partial charge in [-0.1, -0.05) is 6.07 Å². The number of hydroxylamine groups is 2. The SMILES string of the molecule is CON(C(=O)c1cncnc1)C1CCC(Nc2cccc3nc(C(F)(F)F)cn23)CC1. The van der Waals surface area contributed by atoms with E-state index in [1.54, 1.807) is 12.1 Å². The van der Waals surface area contributed by atoms with Crippen LogP contribution in [0, 0.1) is 0 Å². The summed E-state index contributed by atoms with van der Waals surface area (Å²) in [6.45, 7) is 0. The lowest BCUT2D eigenvalue weighted by Crippen LogP contribution is -2.43. The van der Waals surface area contributed by atoms with Gasteiger partial charge in [0.2, 0.25) is 0 Å². The highest BCUT2D eigenvalue weighted by Gasteiger charge is 2.34. The number of halogens is 3. The van der Waals surface area contributed by atoms with Crippen LogP contribution in [0.3, 0.4) is 0 Å². The Labute approximate surface area is 176 Å². The van der Waals surface area contributed by atoms with Gasteiger partial charge in [-0.2, -0.15) is 13.2 Å². The molecule has 0 radical (unpaired) electrons. The van der Waals surface area contributed by atoms with Gasteiger partial charge in [0.1, 0.15) is 17.8 Å². The Kier molecular flexibility index (Phi) is 5.77. The molecule has 11 heteroatoms. The van der Waals surface area contributed by atoms with Crippen molar-refractivity contribution in [2.45, 2.75) is 43.9 Å². The van der Waals surface area contributed by atoms with Crippen molar-refractivity contribution >= 4 is 17.4 Å². The number of nitrogens with zero attached hydrogens (tertiary/aromatic N) is 5. The van der Waals surface area contributed by atoms with Crippen LogP contribution in [-0.2, 0) is 11.0 Å². The second-order valence-electron chi connectivity index (χ2n) is 7.35. The molecular weight excluding hydrogens is 413 g/mol. The largest absolute Gasteiger partial charge is 0.434 e. The van der Waals surface area contributed by atoms with Gasteiger partial charge in [-0.3, -0.25) is 14.0 Å². The molecule has 0 saturated heterocycles. The number of rotatable bonds is 5. The number of aromatic nitrogens is 4. The van der Waals surface area contributed by atoms with Crippen molar-refractivity contribution in [3.8, 4) is 0 Å². The third kappa shape index (κ3) is 4.46. The molecular formula is C20H21F3N6O2. The van der Waals surface area contributed by atoms with E-state index < -0.39 is 11.9 Å². The molecule has 31 heavy (non-hydrogen) atoms. The zero-order valence-electron chi connectivity index (χ0n) is 16.7. The van der Waals surface area contributed by atoms with Gasteiger partial charge in [-0.25, -0.2) is 20.0 Å². The quantitative estimate of drug-likeness (QED) is 0.618. The Hall–Kier alpha value is -3.21. The second-order valence-corrected chi connectivity index (χ2v) is 7.35. The molecule has 4 rings (SSSR count). The van der Waals surface area contributed by atoms with E-state index in [4.69, 9.17) is 4.84 Å². The fourth-order valence-electron chi connectivity index (χ4n) is 3.86. The van der Waals surface area contributed by atoms with Crippen molar-refractivity contribution < 1.29 is 22.8 Å². The third-order valence-electron chi connectivity index (χ3n) is 5.37. The Morgan fingerprint density at radius 2 is 1.90 bits per heavy atom. The normalized spacial score (nSPS) is 19.4. The number of amides is 1. The number of alkyl halides is 3. The van der Waals surface area contributed by atoms with E-state index in [1.165, 1.54) is 41.4 Å². The monoisotopic (exact) mass is 434 g/mol. The van der Waals surface area contributed by atoms with Crippen LogP contribution >= 0.6 is 0 Å². The third-order valence-corrected chi connectivity index (χ3v) is 5.37. The maximum atomic E-state index is 13.0. The van der Waals surface area contributed by atoms with Gasteiger partial charge < -0.3 is 5.32 Å².